The fraction of sp³-hybridized carbons (Fsp3) is 0.222. The Morgan fingerprint density at radius 1 is 1.29 bits per heavy atom. The number of aryl methyl sites for hydroxylation is 1. The van der Waals surface area contributed by atoms with Crippen molar-refractivity contribution in [2.24, 2.45) is 0 Å². The molecular formula is C18H16BrClN2OS. The van der Waals surface area contributed by atoms with Gasteiger partial charge in [0.15, 0.2) is 0 Å². The summed E-state index contributed by atoms with van der Waals surface area (Å²) in [5.41, 5.74) is 2.71. The van der Waals surface area contributed by atoms with E-state index in [-0.39, 0.29) is 5.56 Å². The van der Waals surface area contributed by atoms with Crippen LogP contribution >= 0.6 is 39.3 Å². The molecule has 0 aliphatic heterocycles. The minimum atomic E-state index is -0.0446. The zero-order valence-corrected chi connectivity index (χ0v) is 16.5. The molecule has 1 aromatic heterocycles. The number of nitrogens with zero attached hydrogens (tertiary/aromatic N) is 2. The van der Waals surface area contributed by atoms with E-state index >= 15 is 0 Å². The molecule has 1 heterocycles. The number of aromatic nitrogens is 2. The second-order valence-electron chi connectivity index (χ2n) is 5.48. The van der Waals surface area contributed by atoms with Gasteiger partial charge in [0.2, 0.25) is 0 Å². The molecule has 2 aromatic carbocycles. The van der Waals surface area contributed by atoms with Crippen LogP contribution in [0, 0.1) is 6.92 Å². The van der Waals surface area contributed by atoms with E-state index in [1.807, 2.05) is 37.3 Å². The van der Waals surface area contributed by atoms with Crippen molar-refractivity contribution in [3.05, 3.63) is 67.6 Å². The Morgan fingerprint density at radius 2 is 2.08 bits per heavy atom. The van der Waals surface area contributed by atoms with Crippen LogP contribution in [0.4, 0.5) is 0 Å². The van der Waals surface area contributed by atoms with Crippen LogP contribution in [0.2, 0.25) is 5.02 Å². The Bertz CT molecular complexity index is 971. The van der Waals surface area contributed by atoms with Crippen LogP contribution in [0.25, 0.3) is 10.9 Å². The third kappa shape index (κ3) is 3.53. The quantitative estimate of drug-likeness (QED) is 0.535. The van der Waals surface area contributed by atoms with E-state index in [0.717, 1.165) is 31.8 Å². The number of hydrogen-bond donors (Lipinski definition) is 0. The van der Waals surface area contributed by atoms with Gasteiger partial charge >= 0.3 is 0 Å². The number of rotatable bonds is 4. The number of hydrogen-bond acceptors (Lipinski definition) is 3. The van der Waals surface area contributed by atoms with Crippen molar-refractivity contribution >= 4 is 50.2 Å². The number of halogens is 2. The molecule has 0 atom stereocenters. The molecule has 124 valence electrons. The summed E-state index contributed by atoms with van der Waals surface area (Å²) in [5.74, 6) is 0.964. The van der Waals surface area contributed by atoms with Gasteiger partial charge in [-0.3, -0.25) is 9.36 Å². The average molecular weight is 424 g/mol. The SMILES string of the molecule is CCSc1ccc(Cl)cc1Cn1cnc2c(C)cc(Br)cc2c1=O. The third-order valence-corrected chi connectivity index (χ3v) is 5.44. The van der Waals surface area contributed by atoms with E-state index in [1.54, 1.807) is 22.7 Å². The van der Waals surface area contributed by atoms with Crippen LogP contribution in [0.1, 0.15) is 18.1 Å². The van der Waals surface area contributed by atoms with Crippen LogP contribution in [0.3, 0.4) is 0 Å². The summed E-state index contributed by atoms with van der Waals surface area (Å²) in [5, 5.41) is 1.29. The van der Waals surface area contributed by atoms with Crippen molar-refractivity contribution in [3.8, 4) is 0 Å². The molecule has 0 amide bonds. The van der Waals surface area contributed by atoms with Crippen molar-refractivity contribution in [1.82, 2.24) is 9.55 Å². The van der Waals surface area contributed by atoms with Crippen LogP contribution in [0.5, 0.6) is 0 Å². The fourth-order valence-corrected chi connectivity index (χ4v) is 4.22. The van der Waals surface area contributed by atoms with Crippen LogP contribution in [0.15, 0.2) is 50.8 Å². The molecule has 0 unspecified atom stereocenters. The van der Waals surface area contributed by atoms with Crippen LogP contribution in [-0.2, 0) is 6.54 Å². The van der Waals surface area contributed by atoms with Crippen molar-refractivity contribution in [3.63, 3.8) is 0 Å². The maximum absolute atomic E-state index is 12.9. The lowest BCUT2D eigenvalue weighted by Crippen LogP contribution is -2.21. The molecule has 0 saturated heterocycles. The monoisotopic (exact) mass is 422 g/mol. The van der Waals surface area contributed by atoms with Gasteiger partial charge in [-0.15, -0.1) is 11.8 Å². The Kier molecular flexibility index (Phi) is 5.33. The standard InChI is InChI=1S/C18H16BrClN2OS/c1-3-24-16-5-4-14(20)7-12(16)9-22-10-21-17-11(2)6-13(19)8-15(17)18(22)23/h4-8,10H,3,9H2,1-2H3. The molecule has 0 saturated carbocycles. The van der Waals surface area contributed by atoms with Gasteiger partial charge in [0.1, 0.15) is 0 Å². The highest BCUT2D eigenvalue weighted by Crippen LogP contribution is 2.26. The Hall–Kier alpha value is -1.30. The molecule has 0 N–H and O–H groups in total. The number of thioether (sulfide) groups is 1. The van der Waals surface area contributed by atoms with E-state index in [1.165, 1.54) is 0 Å². The molecule has 0 aliphatic rings. The fourth-order valence-electron chi connectivity index (χ4n) is 2.67. The topological polar surface area (TPSA) is 34.9 Å². The molecule has 3 rings (SSSR count). The first-order valence-electron chi connectivity index (χ1n) is 7.56. The predicted molar refractivity (Wildman–Crippen MR) is 105 cm³/mol. The maximum atomic E-state index is 12.9. The van der Waals surface area contributed by atoms with E-state index < -0.39 is 0 Å². The van der Waals surface area contributed by atoms with Gasteiger partial charge in [-0.1, -0.05) is 34.5 Å². The van der Waals surface area contributed by atoms with Gasteiger partial charge < -0.3 is 0 Å². The number of benzene rings is 2. The Labute approximate surface area is 158 Å². The summed E-state index contributed by atoms with van der Waals surface area (Å²) in [4.78, 5) is 18.5. The Balaban J connectivity index is 2.10. The van der Waals surface area contributed by atoms with E-state index in [2.05, 4.69) is 27.8 Å². The predicted octanol–water partition coefficient (Wildman–Crippen LogP) is 5.28. The largest absolute Gasteiger partial charge is 0.294 e. The minimum absolute atomic E-state index is 0.0446. The normalized spacial score (nSPS) is 11.2. The average Bonchev–Trinajstić information content (AvgIpc) is 2.53. The first kappa shape index (κ1) is 17.5. The summed E-state index contributed by atoms with van der Waals surface area (Å²) in [7, 11) is 0. The molecular weight excluding hydrogens is 408 g/mol. The van der Waals surface area contributed by atoms with Crippen LogP contribution < -0.4 is 5.56 Å². The number of fused-ring (bicyclic) bond motifs is 1. The van der Waals surface area contributed by atoms with Gasteiger partial charge in [-0.2, -0.15) is 0 Å². The molecule has 24 heavy (non-hydrogen) atoms. The summed E-state index contributed by atoms with van der Waals surface area (Å²) >= 11 is 11.3. The van der Waals surface area contributed by atoms with Gasteiger partial charge in [-0.25, -0.2) is 4.98 Å². The Morgan fingerprint density at radius 3 is 2.83 bits per heavy atom. The second kappa shape index (κ2) is 7.30. The van der Waals surface area contributed by atoms with Crippen molar-refractivity contribution < 1.29 is 0 Å². The van der Waals surface area contributed by atoms with Gasteiger partial charge in [0.05, 0.1) is 23.8 Å². The van der Waals surface area contributed by atoms with Crippen LogP contribution in [-0.4, -0.2) is 15.3 Å². The first-order valence-corrected chi connectivity index (χ1v) is 9.71. The molecule has 0 bridgehead atoms. The third-order valence-electron chi connectivity index (χ3n) is 3.75. The lowest BCUT2D eigenvalue weighted by molar-refractivity contribution is 0.738. The lowest BCUT2D eigenvalue weighted by atomic mass is 10.1. The van der Waals surface area contributed by atoms with Gasteiger partial charge in [-0.05, 0) is 54.1 Å². The second-order valence-corrected chi connectivity index (χ2v) is 8.14. The lowest BCUT2D eigenvalue weighted by Gasteiger charge is -2.12. The molecule has 0 radical (unpaired) electrons. The maximum Gasteiger partial charge on any atom is 0.261 e. The van der Waals surface area contributed by atoms with Crippen molar-refractivity contribution in [2.75, 3.05) is 5.75 Å². The molecule has 0 spiro atoms. The molecule has 3 aromatic rings. The van der Waals surface area contributed by atoms with Crippen molar-refractivity contribution in [2.45, 2.75) is 25.3 Å². The van der Waals surface area contributed by atoms with Gasteiger partial charge in [0.25, 0.3) is 5.56 Å². The first-order chi connectivity index (χ1) is 11.5. The zero-order chi connectivity index (χ0) is 17.3. The summed E-state index contributed by atoms with van der Waals surface area (Å²) in [6, 6.07) is 9.60. The highest BCUT2D eigenvalue weighted by Gasteiger charge is 2.10. The molecule has 3 nitrogen and oxygen atoms in total. The van der Waals surface area contributed by atoms with E-state index in [0.29, 0.717) is 17.0 Å². The zero-order valence-electron chi connectivity index (χ0n) is 13.3. The summed E-state index contributed by atoms with van der Waals surface area (Å²) in [6.45, 7) is 4.51. The van der Waals surface area contributed by atoms with E-state index in [9.17, 15) is 4.79 Å². The molecule has 0 fully saturated rings. The van der Waals surface area contributed by atoms with Crippen molar-refractivity contribution in [1.29, 1.82) is 0 Å². The summed E-state index contributed by atoms with van der Waals surface area (Å²) in [6.07, 6.45) is 1.62. The molecule has 0 aliphatic carbocycles. The minimum Gasteiger partial charge on any atom is -0.294 e. The van der Waals surface area contributed by atoms with Gasteiger partial charge in [0, 0.05) is 14.4 Å². The smallest absolute Gasteiger partial charge is 0.261 e. The molecule has 6 heteroatoms. The highest BCUT2D eigenvalue weighted by atomic mass is 79.9. The summed E-state index contributed by atoms with van der Waals surface area (Å²) < 4.78 is 2.52. The van der Waals surface area contributed by atoms with E-state index in [4.69, 9.17) is 11.6 Å². The highest BCUT2D eigenvalue weighted by molar-refractivity contribution is 9.10.